The van der Waals surface area contributed by atoms with Crippen LogP contribution in [0.15, 0.2) is 24.3 Å². The standard InChI is InChI=1S/C14H19ClNO5P/c1-2-20-14(22(18)19)21-8-7-12(13(17)9-16)10-3-5-11(15)6-4-10/h3-6,12,14H,2,7-9,16H2,1H3/p+1. The van der Waals surface area contributed by atoms with E-state index in [1.54, 1.807) is 31.2 Å². The highest BCUT2D eigenvalue weighted by Crippen LogP contribution is 2.27. The zero-order chi connectivity index (χ0) is 16.5. The molecule has 0 saturated heterocycles. The van der Waals surface area contributed by atoms with E-state index in [1.165, 1.54) is 0 Å². The lowest BCUT2D eigenvalue weighted by Crippen LogP contribution is -2.24. The molecule has 0 fully saturated rings. The minimum absolute atomic E-state index is 0.0869. The van der Waals surface area contributed by atoms with Gasteiger partial charge in [-0.15, -0.1) is 0 Å². The second kappa shape index (κ2) is 10.0. The summed E-state index contributed by atoms with van der Waals surface area (Å²) in [4.78, 5) is 21.0. The van der Waals surface area contributed by atoms with Gasteiger partial charge in [0, 0.05) is 10.9 Å². The van der Waals surface area contributed by atoms with Gasteiger partial charge in [0.15, 0.2) is 5.78 Å². The number of benzene rings is 1. The summed E-state index contributed by atoms with van der Waals surface area (Å²) >= 11 is 5.83. The van der Waals surface area contributed by atoms with Gasteiger partial charge in [0.25, 0.3) is 0 Å². The molecule has 0 aliphatic carbocycles. The molecule has 1 rings (SSSR count). The number of halogens is 1. The third-order valence-electron chi connectivity index (χ3n) is 3.02. The summed E-state index contributed by atoms with van der Waals surface area (Å²) in [7, 11) is -2.60. The first kappa shape index (κ1) is 19.2. The van der Waals surface area contributed by atoms with Gasteiger partial charge in [0.2, 0.25) is 0 Å². The maximum atomic E-state index is 12.0. The van der Waals surface area contributed by atoms with Crippen molar-refractivity contribution in [2.24, 2.45) is 5.73 Å². The van der Waals surface area contributed by atoms with Crippen LogP contribution in [-0.4, -0.2) is 36.5 Å². The third-order valence-corrected chi connectivity index (χ3v) is 3.93. The van der Waals surface area contributed by atoms with Crippen LogP contribution in [0.3, 0.4) is 0 Å². The van der Waals surface area contributed by atoms with Gasteiger partial charge in [-0.05, 0) is 35.6 Å². The summed E-state index contributed by atoms with van der Waals surface area (Å²) in [6.45, 7) is 1.97. The first-order chi connectivity index (χ1) is 10.5. The first-order valence-corrected chi connectivity index (χ1v) is 8.52. The fourth-order valence-electron chi connectivity index (χ4n) is 1.96. The van der Waals surface area contributed by atoms with Gasteiger partial charge in [-0.2, -0.15) is 4.89 Å². The van der Waals surface area contributed by atoms with Crippen LogP contribution in [0.5, 0.6) is 0 Å². The SMILES string of the molecule is CCOC(OCCC(C(=O)CN)c1ccc(Cl)cc1)[P+](=O)O. The highest BCUT2D eigenvalue weighted by molar-refractivity contribution is 7.38. The number of rotatable bonds is 10. The van der Waals surface area contributed by atoms with E-state index < -0.39 is 20.0 Å². The molecule has 0 amide bonds. The normalized spacial score (nSPS) is 14.5. The zero-order valence-corrected chi connectivity index (χ0v) is 13.9. The summed E-state index contributed by atoms with van der Waals surface area (Å²) in [5.74, 6) is -0.576. The largest absolute Gasteiger partial charge is 0.569 e. The van der Waals surface area contributed by atoms with Crippen LogP contribution in [-0.2, 0) is 18.8 Å². The molecule has 3 atom stereocenters. The Kier molecular flexibility index (Phi) is 8.71. The minimum Gasteiger partial charge on any atom is -0.324 e. The molecule has 0 radical (unpaired) electrons. The predicted octanol–water partition coefficient (Wildman–Crippen LogP) is 2.41. The van der Waals surface area contributed by atoms with Gasteiger partial charge in [-0.3, -0.25) is 4.79 Å². The van der Waals surface area contributed by atoms with E-state index in [4.69, 9.17) is 31.7 Å². The number of ether oxygens (including phenoxy) is 2. The van der Waals surface area contributed by atoms with Crippen molar-refractivity contribution in [3.63, 3.8) is 0 Å². The van der Waals surface area contributed by atoms with Crippen LogP contribution >= 0.6 is 19.6 Å². The second-order valence-electron chi connectivity index (χ2n) is 4.50. The summed E-state index contributed by atoms with van der Waals surface area (Å²) in [6.07, 6.45) is 0.338. The van der Waals surface area contributed by atoms with E-state index in [0.29, 0.717) is 11.4 Å². The van der Waals surface area contributed by atoms with Crippen molar-refractivity contribution in [3.05, 3.63) is 34.9 Å². The molecule has 1 aromatic carbocycles. The number of carbonyl (C=O) groups is 1. The van der Waals surface area contributed by atoms with Crippen LogP contribution in [0.1, 0.15) is 24.8 Å². The van der Waals surface area contributed by atoms with Crippen molar-refractivity contribution in [2.75, 3.05) is 19.8 Å². The molecule has 6 nitrogen and oxygen atoms in total. The number of hydrogen-bond acceptors (Lipinski definition) is 5. The van der Waals surface area contributed by atoms with Crippen LogP contribution in [0.2, 0.25) is 5.02 Å². The molecule has 8 heteroatoms. The summed E-state index contributed by atoms with van der Waals surface area (Å²) in [5.41, 5.74) is 6.22. The molecule has 0 aliphatic heterocycles. The predicted molar refractivity (Wildman–Crippen MR) is 84.1 cm³/mol. The Morgan fingerprint density at radius 3 is 2.50 bits per heavy atom. The van der Waals surface area contributed by atoms with E-state index in [1.807, 2.05) is 0 Å². The Bertz CT molecular complexity index is 497. The lowest BCUT2D eigenvalue weighted by Gasteiger charge is -2.16. The van der Waals surface area contributed by atoms with Gasteiger partial charge in [0.1, 0.15) is 0 Å². The van der Waals surface area contributed by atoms with E-state index in [2.05, 4.69) is 0 Å². The molecule has 0 bridgehead atoms. The van der Waals surface area contributed by atoms with Gasteiger partial charge >= 0.3 is 14.1 Å². The van der Waals surface area contributed by atoms with Crippen LogP contribution in [0.4, 0.5) is 0 Å². The minimum atomic E-state index is -2.60. The molecule has 22 heavy (non-hydrogen) atoms. The third kappa shape index (κ3) is 6.08. The van der Waals surface area contributed by atoms with E-state index in [0.717, 1.165) is 5.56 Å². The molecule has 3 unspecified atom stereocenters. The van der Waals surface area contributed by atoms with Crippen molar-refractivity contribution in [3.8, 4) is 0 Å². The highest BCUT2D eigenvalue weighted by atomic mass is 35.5. The number of Topliss-reactive ketones (excluding diaryl/α,β-unsaturated/α-hetero) is 1. The topological polar surface area (TPSA) is 98.9 Å². The Morgan fingerprint density at radius 2 is 2.00 bits per heavy atom. The van der Waals surface area contributed by atoms with E-state index >= 15 is 0 Å². The van der Waals surface area contributed by atoms with Crippen molar-refractivity contribution < 1.29 is 23.7 Å². The summed E-state index contributed by atoms with van der Waals surface area (Å²) < 4.78 is 21.3. The van der Waals surface area contributed by atoms with Crippen LogP contribution < -0.4 is 5.73 Å². The van der Waals surface area contributed by atoms with Crippen molar-refractivity contribution in [2.45, 2.75) is 25.3 Å². The Hall–Kier alpha value is -0.880. The number of ketones is 1. The quantitative estimate of drug-likeness (QED) is 0.497. The Labute approximate surface area is 135 Å². The fraction of sp³-hybridized carbons (Fsp3) is 0.500. The fourth-order valence-corrected chi connectivity index (χ4v) is 2.59. The van der Waals surface area contributed by atoms with Crippen molar-refractivity contribution in [1.29, 1.82) is 0 Å². The van der Waals surface area contributed by atoms with Crippen LogP contribution in [0, 0.1) is 0 Å². The van der Waals surface area contributed by atoms with Gasteiger partial charge in [-0.1, -0.05) is 23.7 Å². The maximum Gasteiger partial charge on any atom is 0.569 e. The molecule has 3 N–H and O–H groups in total. The van der Waals surface area contributed by atoms with Gasteiger partial charge in [0.05, 0.1) is 19.8 Å². The smallest absolute Gasteiger partial charge is 0.324 e. The van der Waals surface area contributed by atoms with Crippen molar-refractivity contribution >= 4 is 25.4 Å². The molecular formula is C14H20ClNO5P+. The molecular weight excluding hydrogens is 329 g/mol. The lowest BCUT2D eigenvalue weighted by atomic mass is 9.92. The van der Waals surface area contributed by atoms with E-state index in [9.17, 15) is 9.36 Å². The molecule has 0 spiro atoms. The molecule has 0 aliphatic rings. The molecule has 0 heterocycles. The monoisotopic (exact) mass is 348 g/mol. The lowest BCUT2D eigenvalue weighted by molar-refractivity contribution is -0.121. The number of nitrogens with two attached hydrogens (primary N) is 1. The number of carbonyl (C=O) groups excluding carboxylic acids is 1. The Balaban J connectivity index is 2.68. The van der Waals surface area contributed by atoms with Gasteiger partial charge in [-0.25, -0.2) is 0 Å². The zero-order valence-electron chi connectivity index (χ0n) is 12.3. The summed E-state index contributed by atoms with van der Waals surface area (Å²) in [5, 5.41) is 0.577. The molecule has 0 aromatic heterocycles. The first-order valence-electron chi connectivity index (χ1n) is 6.86. The molecule has 122 valence electrons. The molecule has 0 saturated carbocycles. The molecule has 1 aromatic rings. The maximum absolute atomic E-state index is 12.0. The Morgan fingerprint density at radius 1 is 1.36 bits per heavy atom. The van der Waals surface area contributed by atoms with Crippen LogP contribution in [0.25, 0.3) is 0 Å². The number of hydrogen-bond donors (Lipinski definition) is 2. The highest BCUT2D eigenvalue weighted by Gasteiger charge is 2.31. The second-order valence-corrected chi connectivity index (χ2v) is 5.96. The van der Waals surface area contributed by atoms with Crippen molar-refractivity contribution in [1.82, 2.24) is 0 Å². The average molecular weight is 349 g/mol. The van der Waals surface area contributed by atoms with E-state index in [-0.39, 0.29) is 25.5 Å². The average Bonchev–Trinajstić information content (AvgIpc) is 2.50. The summed E-state index contributed by atoms with van der Waals surface area (Å²) in [6, 6.07) is 5.73. The van der Waals surface area contributed by atoms with Gasteiger partial charge < -0.3 is 15.2 Å².